The molecule has 0 saturated carbocycles. The fraction of sp³-hybridized carbons (Fsp3) is 0.417. The molecule has 6 heteroatoms. The molecule has 1 saturated heterocycles. The Kier molecular flexibility index (Phi) is 5.56. The molecule has 2 rings (SSSR count). The van der Waals surface area contributed by atoms with E-state index in [1.807, 2.05) is 6.92 Å². The summed E-state index contributed by atoms with van der Waals surface area (Å²) in [5.74, 6) is -0.510. The number of carbonyl (C=O) groups excluding carboxylic acids is 1. The molecule has 0 aromatic heterocycles. The van der Waals surface area contributed by atoms with Crippen molar-refractivity contribution in [2.75, 3.05) is 19.6 Å². The molecular formula is C12H15BrClFN2O. The van der Waals surface area contributed by atoms with Crippen molar-refractivity contribution in [3.8, 4) is 0 Å². The highest BCUT2D eigenvalue weighted by atomic mass is 79.9. The Labute approximate surface area is 120 Å². The normalized spacial score (nSPS) is 19.3. The molecule has 1 N–H and O–H groups in total. The van der Waals surface area contributed by atoms with E-state index in [2.05, 4.69) is 21.2 Å². The average Bonchev–Trinajstić information content (AvgIpc) is 2.32. The number of carbonyl (C=O) groups is 1. The van der Waals surface area contributed by atoms with Crippen molar-refractivity contribution in [2.24, 2.45) is 0 Å². The van der Waals surface area contributed by atoms with Crippen LogP contribution in [0.15, 0.2) is 22.7 Å². The molecule has 1 atom stereocenters. The third-order valence-corrected chi connectivity index (χ3v) is 3.47. The first-order chi connectivity index (χ1) is 8.08. The van der Waals surface area contributed by atoms with Gasteiger partial charge in [0.1, 0.15) is 5.82 Å². The highest BCUT2D eigenvalue weighted by Crippen LogP contribution is 2.17. The largest absolute Gasteiger partial charge is 0.336 e. The zero-order chi connectivity index (χ0) is 12.4. The third-order valence-electron chi connectivity index (χ3n) is 2.82. The molecule has 1 aliphatic rings. The number of amides is 1. The Bertz CT molecular complexity index is 444. The van der Waals surface area contributed by atoms with Crippen LogP contribution < -0.4 is 5.32 Å². The standard InChI is InChI=1S/C12H14BrFN2O.ClH/c1-8-7-16(5-4-15-8)12(17)9-2-3-10(13)11(14)6-9;/h2-3,6,8,15H,4-5,7H2,1H3;1H/t8-;/m1./s1. The van der Waals surface area contributed by atoms with Crippen molar-refractivity contribution in [1.82, 2.24) is 10.2 Å². The molecule has 18 heavy (non-hydrogen) atoms. The number of halogens is 3. The SMILES string of the molecule is C[C@@H]1CN(C(=O)c2ccc(Br)c(F)c2)CCN1.Cl. The first kappa shape index (κ1) is 15.4. The van der Waals surface area contributed by atoms with E-state index in [4.69, 9.17) is 0 Å². The number of hydrogen-bond acceptors (Lipinski definition) is 2. The van der Waals surface area contributed by atoms with Gasteiger partial charge in [0.05, 0.1) is 4.47 Å². The minimum Gasteiger partial charge on any atom is -0.336 e. The fourth-order valence-electron chi connectivity index (χ4n) is 1.93. The molecule has 1 amide bonds. The number of nitrogens with zero attached hydrogens (tertiary/aromatic N) is 1. The number of benzene rings is 1. The van der Waals surface area contributed by atoms with Crippen LogP contribution in [0.2, 0.25) is 0 Å². The Hall–Kier alpha value is -0.650. The van der Waals surface area contributed by atoms with Crippen LogP contribution in [-0.4, -0.2) is 36.5 Å². The van der Waals surface area contributed by atoms with Gasteiger partial charge in [-0.2, -0.15) is 0 Å². The van der Waals surface area contributed by atoms with Crippen LogP contribution in [0.5, 0.6) is 0 Å². The maximum Gasteiger partial charge on any atom is 0.254 e. The van der Waals surface area contributed by atoms with Gasteiger partial charge >= 0.3 is 0 Å². The summed E-state index contributed by atoms with van der Waals surface area (Å²) in [6.07, 6.45) is 0. The minimum absolute atomic E-state index is 0. The quantitative estimate of drug-likeness (QED) is 0.854. The fourth-order valence-corrected chi connectivity index (χ4v) is 2.18. The maximum absolute atomic E-state index is 13.4. The lowest BCUT2D eigenvalue weighted by molar-refractivity contribution is 0.0708. The summed E-state index contributed by atoms with van der Waals surface area (Å²) in [4.78, 5) is 13.9. The summed E-state index contributed by atoms with van der Waals surface area (Å²) in [5.41, 5.74) is 0.403. The summed E-state index contributed by atoms with van der Waals surface area (Å²) in [6, 6.07) is 4.77. The van der Waals surface area contributed by atoms with Crippen LogP contribution in [-0.2, 0) is 0 Å². The van der Waals surface area contributed by atoms with Gasteiger partial charge in [-0.25, -0.2) is 4.39 Å². The molecule has 3 nitrogen and oxygen atoms in total. The Morgan fingerprint density at radius 3 is 2.89 bits per heavy atom. The van der Waals surface area contributed by atoms with E-state index < -0.39 is 5.82 Å². The average molecular weight is 338 g/mol. The van der Waals surface area contributed by atoms with Crippen molar-refractivity contribution in [1.29, 1.82) is 0 Å². The van der Waals surface area contributed by atoms with Crippen molar-refractivity contribution in [2.45, 2.75) is 13.0 Å². The van der Waals surface area contributed by atoms with E-state index in [-0.39, 0.29) is 24.4 Å². The molecule has 1 heterocycles. The number of rotatable bonds is 1. The van der Waals surface area contributed by atoms with Crippen LogP contribution in [0.25, 0.3) is 0 Å². The summed E-state index contributed by atoms with van der Waals surface area (Å²) < 4.78 is 13.7. The molecular weight excluding hydrogens is 322 g/mol. The molecule has 0 radical (unpaired) electrons. The Morgan fingerprint density at radius 1 is 1.56 bits per heavy atom. The molecule has 1 aromatic carbocycles. The lowest BCUT2D eigenvalue weighted by atomic mass is 10.1. The topological polar surface area (TPSA) is 32.3 Å². The van der Waals surface area contributed by atoms with Crippen LogP contribution in [0.1, 0.15) is 17.3 Å². The number of nitrogens with one attached hydrogen (secondary N) is 1. The first-order valence-corrected chi connectivity index (χ1v) is 6.35. The van der Waals surface area contributed by atoms with Crippen LogP contribution in [0, 0.1) is 5.82 Å². The maximum atomic E-state index is 13.4. The van der Waals surface area contributed by atoms with Crippen molar-refractivity contribution in [3.05, 3.63) is 34.1 Å². The van der Waals surface area contributed by atoms with Gasteiger partial charge in [0.2, 0.25) is 0 Å². The van der Waals surface area contributed by atoms with E-state index in [0.717, 1.165) is 6.54 Å². The first-order valence-electron chi connectivity index (χ1n) is 5.55. The Morgan fingerprint density at radius 2 is 2.28 bits per heavy atom. The third kappa shape index (κ3) is 3.43. The molecule has 0 unspecified atom stereocenters. The van der Waals surface area contributed by atoms with Crippen LogP contribution >= 0.6 is 28.3 Å². The Balaban J connectivity index is 0.00000162. The van der Waals surface area contributed by atoms with Gasteiger partial charge in [0.25, 0.3) is 5.91 Å². The van der Waals surface area contributed by atoms with Crippen LogP contribution in [0.3, 0.4) is 0 Å². The zero-order valence-electron chi connectivity index (χ0n) is 9.95. The van der Waals surface area contributed by atoms with Gasteiger partial charge in [-0.15, -0.1) is 12.4 Å². The van der Waals surface area contributed by atoms with Crippen molar-refractivity contribution in [3.63, 3.8) is 0 Å². The highest BCUT2D eigenvalue weighted by Gasteiger charge is 2.22. The van der Waals surface area contributed by atoms with Crippen molar-refractivity contribution < 1.29 is 9.18 Å². The highest BCUT2D eigenvalue weighted by molar-refractivity contribution is 9.10. The van der Waals surface area contributed by atoms with Gasteiger partial charge in [0, 0.05) is 31.2 Å². The molecule has 1 fully saturated rings. The summed E-state index contributed by atoms with van der Waals surface area (Å²) >= 11 is 3.07. The second-order valence-electron chi connectivity index (χ2n) is 4.24. The number of piperazine rings is 1. The lowest BCUT2D eigenvalue weighted by Gasteiger charge is -2.32. The van der Waals surface area contributed by atoms with Crippen LogP contribution in [0.4, 0.5) is 4.39 Å². The molecule has 0 bridgehead atoms. The van der Waals surface area contributed by atoms with Gasteiger partial charge < -0.3 is 10.2 Å². The molecule has 100 valence electrons. The molecule has 1 aromatic rings. The van der Waals surface area contributed by atoms with Gasteiger partial charge in [0.15, 0.2) is 0 Å². The van der Waals surface area contributed by atoms with Gasteiger partial charge in [-0.05, 0) is 41.1 Å². The van der Waals surface area contributed by atoms with Gasteiger partial charge in [-0.3, -0.25) is 4.79 Å². The second-order valence-corrected chi connectivity index (χ2v) is 5.09. The minimum atomic E-state index is -0.404. The predicted molar refractivity (Wildman–Crippen MR) is 74.7 cm³/mol. The van der Waals surface area contributed by atoms with E-state index in [9.17, 15) is 9.18 Å². The smallest absolute Gasteiger partial charge is 0.254 e. The van der Waals surface area contributed by atoms with Gasteiger partial charge in [-0.1, -0.05) is 0 Å². The zero-order valence-corrected chi connectivity index (χ0v) is 12.4. The summed E-state index contributed by atoms with van der Waals surface area (Å²) in [7, 11) is 0. The van der Waals surface area contributed by atoms with E-state index in [0.29, 0.717) is 23.1 Å². The van der Waals surface area contributed by atoms with Crippen molar-refractivity contribution >= 4 is 34.2 Å². The van der Waals surface area contributed by atoms with E-state index in [1.54, 1.807) is 17.0 Å². The predicted octanol–water partition coefficient (Wildman–Crippen LogP) is 2.44. The summed E-state index contributed by atoms with van der Waals surface area (Å²) in [6.45, 7) is 4.14. The monoisotopic (exact) mass is 336 g/mol. The summed E-state index contributed by atoms with van der Waals surface area (Å²) in [5, 5.41) is 3.26. The number of hydrogen-bond donors (Lipinski definition) is 1. The van der Waals surface area contributed by atoms with E-state index >= 15 is 0 Å². The van der Waals surface area contributed by atoms with E-state index in [1.165, 1.54) is 6.07 Å². The lowest BCUT2D eigenvalue weighted by Crippen LogP contribution is -2.51. The second kappa shape index (κ2) is 6.50. The molecule has 1 aliphatic heterocycles. The molecule has 0 aliphatic carbocycles. The molecule has 0 spiro atoms.